The summed E-state index contributed by atoms with van der Waals surface area (Å²) in [5, 5.41) is 18.5. The molecular weight excluding hydrogens is 172 g/mol. The summed E-state index contributed by atoms with van der Waals surface area (Å²) >= 11 is 0. The topological polar surface area (TPSA) is 58.9 Å². The lowest BCUT2D eigenvalue weighted by Crippen LogP contribution is -2.51. The number of hydrogen-bond acceptors (Lipinski definition) is 4. The van der Waals surface area contributed by atoms with E-state index in [1.54, 1.807) is 0 Å². The summed E-state index contributed by atoms with van der Waals surface area (Å²) in [6.45, 7) is 6.25. The van der Waals surface area contributed by atoms with Gasteiger partial charge in [-0.1, -0.05) is 13.8 Å². The molecule has 2 N–H and O–H groups in total. The highest BCUT2D eigenvalue weighted by Gasteiger charge is 2.39. The molecule has 1 atom stereocenters. The zero-order chi connectivity index (χ0) is 10.1. The van der Waals surface area contributed by atoms with Gasteiger partial charge in [0.05, 0.1) is 19.8 Å². The molecule has 0 aromatic carbocycles. The second-order valence-electron chi connectivity index (χ2n) is 4.63. The molecule has 0 spiro atoms. The lowest BCUT2D eigenvalue weighted by Gasteiger charge is -2.39. The molecule has 0 aromatic heterocycles. The van der Waals surface area contributed by atoms with Crippen molar-refractivity contribution < 1.29 is 19.7 Å². The molecule has 78 valence electrons. The number of rotatable bonds is 2. The zero-order valence-corrected chi connectivity index (χ0v) is 8.41. The summed E-state index contributed by atoms with van der Waals surface area (Å²) < 4.78 is 10.6. The van der Waals surface area contributed by atoms with Crippen LogP contribution in [0.25, 0.3) is 0 Å². The molecule has 0 saturated carbocycles. The number of aliphatic hydroxyl groups is 2. The lowest BCUT2D eigenvalue weighted by molar-refractivity contribution is -0.290. The smallest absolute Gasteiger partial charge is 0.188 e. The van der Waals surface area contributed by atoms with Crippen LogP contribution >= 0.6 is 0 Å². The van der Waals surface area contributed by atoms with Gasteiger partial charge in [-0.05, 0) is 6.92 Å². The molecule has 0 amide bonds. The van der Waals surface area contributed by atoms with Crippen LogP contribution in [0.15, 0.2) is 0 Å². The minimum absolute atomic E-state index is 0.0119. The Morgan fingerprint density at radius 2 is 1.85 bits per heavy atom. The van der Waals surface area contributed by atoms with Crippen molar-refractivity contribution in [2.45, 2.75) is 32.7 Å². The monoisotopic (exact) mass is 190 g/mol. The van der Waals surface area contributed by atoms with Gasteiger partial charge in [0.15, 0.2) is 6.29 Å². The van der Waals surface area contributed by atoms with E-state index in [2.05, 4.69) is 0 Å². The second-order valence-corrected chi connectivity index (χ2v) is 4.63. The first kappa shape index (κ1) is 10.9. The molecule has 1 aliphatic heterocycles. The third-order valence-corrected chi connectivity index (χ3v) is 2.08. The number of ether oxygens (including phenoxy) is 2. The Bertz CT molecular complexity index is 166. The van der Waals surface area contributed by atoms with E-state index in [0.29, 0.717) is 13.2 Å². The maximum atomic E-state index is 9.62. The first-order valence-corrected chi connectivity index (χ1v) is 4.44. The Hall–Kier alpha value is -0.160. The van der Waals surface area contributed by atoms with Crippen LogP contribution in [0.2, 0.25) is 0 Å². The summed E-state index contributed by atoms with van der Waals surface area (Å²) in [6, 6.07) is 0. The molecule has 1 rings (SSSR count). The van der Waals surface area contributed by atoms with Gasteiger partial charge >= 0.3 is 0 Å². The van der Waals surface area contributed by atoms with E-state index < -0.39 is 11.9 Å². The van der Waals surface area contributed by atoms with Gasteiger partial charge in [0.25, 0.3) is 0 Å². The highest BCUT2D eigenvalue weighted by molar-refractivity contribution is 4.81. The summed E-state index contributed by atoms with van der Waals surface area (Å²) in [5.74, 6) is 0. The Labute approximate surface area is 78.5 Å². The highest BCUT2D eigenvalue weighted by atomic mass is 16.7. The maximum absolute atomic E-state index is 9.62. The van der Waals surface area contributed by atoms with Crippen molar-refractivity contribution in [1.29, 1.82) is 0 Å². The van der Waals surface area contributed by atoms with E-state index in [4.69, 9.17) is 14.6 Å². The summed E-state index contributed by atoms with van der Waals surface area (Å²) in [5.41, 5.74) is -1.32. The van der Waals surface area contributed by atoms with E-state index in [-0.39, 0.29) is 12.0 Å². The molecule has 13 heavy (non-hydrogen) atoms. The zero-order valence-electron chi connectivity index (χ0n) is 8.41. The maximum Gasteiger partial charge on any atom is 0.188 e. The van der Waals surface area contributed by atoms with Gasteiger partial charge in [-0.3, -0.25) is 0 Å². The Balaban J connectivity index is 2.50. The molecule has 0 aromatic rings. The van der Waals surface area contributed by atoms with Crippen molar-refractivity contribution in [2.75, 3.05) is 19.8 Å². The SMILES string of the molecule is CC1(C)COC([C@@](C)(O)CO)OC1. The van der Waals surface area contributed by atoms with Crippen LogP contribution in [-0.2, 0) is 9.47 Å². The second kappa shape index (κ2) is 3.53. The van der Waals surface area contributed by atoms with Gasteiger partial charge in [-0.2, -0.15) is 0 Å². The van der Waals surface area contributed by atoms with Gasteiger partial charge in [-0.15, -0.1) is 0 Å². The quantitative estimate of drug-likeness (QED) is 0.649. The predicted octanol–water partition coefficient (Wildman–Crippen LogP) is 0.129. The molecule has 0 unspecified atom stereocenters. The fourth-order valence-electron chi connectivity index (χ4n) is 1.13. The Morgan fingerprint density at radius 1 is 1.38 bits per heavy atom. The van der Waals surface area contributed by atoms with Gasteiger partial charge in [0.1, 0.15) is 5.60 Å². The largest absolute Gasteiger partial charge is 0.393 e. The Kier molecular flexibility index (Phi) is 2.97. The van der Waals surface area contributed by atoms with Gasteiger partial charge in [-0.25, -0.2) is 0 Å². The van der Waals surface area contributed by atoms with Crippen LogP contribution in [0.4, 0.5) is 0 Å². The molecule has 0 bridgehead atoms. The number of aliphatic hydroxyl groups excluding tert-OH is 1. The van der Waals surface area contributed by atoms with Crippen molar-refractivity contribution in [3.05, 3.63) is 0 Å². The first-order chi connectivity index (χ1) is 5.87. The molecule has 1 saturated heterocycles. The fraction of sp³-hybridized carbons (Fsp3) is 1.00. The summed E-state index contributed by atoms with van der Waals surface area (Å²) in [4.78, 5) is 0. The van der Waals surface area contributed by atoms with Crippen LogP contribution in [0, 0.1) is 5.41 Å². The third-order valence-electron chi connectivity index (χ3n) is 2.08. The summed E-state index contributed by atoms with van der Waals surface area (Å²) in [6.07, 6.45) is -0.717. The molecule has 0 radical (unpaired) electrons. The molecule has 1 fully saturated rings. The average molecular weight is 190 g/mol. The van der Waals surface area contributed by atoms with Crippen LogP contribution in [0.1, 0.15) is 20.8 Å². The van der Waals surface area contributed by atoms with Crippen molar-refractivity contribution >= 4 is 0 Å². The van der Waals surface area contributed by atoms with E-state index >= 15 is 0 Å². The third kappa shape index (κ3) is 2.64. The minimum atomic E-state index is -1.31. The van der Waals surface area contributed by atoms with Crippen LogP contribution in [0.5, 0.6) is 0 Å². The van der Waals surface area contributed by atoms with Crippen LogP contribution in [-0.4, -0.2) is 41.9 Å². The van der Waals surface area contributed by atoms with Gasteiger partial charge in [0.2, 0.25) is 0 Å². The van der Waals surface area contributed by atoms with Gasteiger partial charge < -0.3 is 19.7 Å². The van der Waals surface area contributed by atoms with Crippen molar-refractivity contribution in [2.24, 2.45) is 5.41 Å². The average Bonchev–Trinajstić information content (AvgIpc) is 2.04. The van der Waals surface area contributed by atoms with E-state index in [1.165, 1.54) is 6.92 Å². The van der Waals surface area contributed by atoms with Crippen LogP contribution < -0.4 is 0 Å². The van der Waals surface area contributed by atoms with E-state index in [1.807, 2.05) is 13.8 Å². The molecule has 1 heterocycles. The normalized spacial score (nSPS) is 28.4. The molecule has 1 aliphatic rings. The molecule has 0 aliphatic carbocycles. The van der Waals surface area contributed by atoms with Crippen molar-refractivity contribution in [3.63, 3.8) is 0 Å². The van der Waals surface area contributed by atoms with E-state index in [0.717, 1.165) is 0 Å². The molecule has 4 nitrogen and oxygen atoms in total. The molecule has 4 heteroatoms. The summed E-state index contributed by atoms with van der Waals surface area (Å²) in [7, 11) is 0. The minimum Gasteiger partial charge on any atom is -0.393 e. The molecular formula is C9H18O4. The first-order valence-electron chi connectivity index (χ1n) is 4.44. The Morgan fingerprint density at radius 3 is 2.23 bits per heavy atom. The highest BCUT2D eigenvalue weighted by Crippen LogP contribution is 2.27. The van der Waals surface area contributed by atoms with Crippen LogP contribution in [0.3, 0.4) is 0 Å². The predicted molar refractivity (Wildman–Crippen MR) is 47.2 cm³/mol. The standard InChI is InChI=1S/C9H18O4/c1-8(2)5-12-7(13-6-8)9(3,11)4-10/h7,10-11H,4-6H2,1-3H3/t9-/m0/s1. The van der Waals surface area contributed by atoms with E-state index in [9.17, 15) is 5.11 Å². The lowest BCUT2D eigenvalue weighted by atomic mass is 9.94. The number of hydrogen-bond donors (Lipinski definition) is 2. The van der Waals surface area contributed by atoms with Crippen molar-refractivity contribution in [1.82, 2.24) is 0 Å². The van der Waals surface area contributed by atoms with Gasteiger partial charge in [0, 0.05) is 5.41 Å². The van der Waals surface area contributed by atoms with Crippen molar-refractivity contribution in [3.8, 4) is 0 Å². The fourth-order valence-corrected chi connectivity index (χ4v) is 1.13.